The molecule has 3 nitrogen and oxygen atoms in total. The highest BCUT2D eigenvalue weighted by atomic mass is 16.5. The van der Waals surface area contributed by atoms with Crippen molar-refractivity contribution in [3.05, 3.63) is 35.4 Å². The van der Waals surface area contributed by atoms with Gasteiger partial charge in [-0.3, -0.25) is 4.90 Å². The van der Waals surface area contributed by atoms with Crippen molar-refractivity contribution in [3.8, 4) is 0 Å². The first-order valence-electron chi connectivity index (χ1n) is 8.22. The Kier molecular flexibility index (Phi) is 6.22. The third-order valence-electron chi connectivity index (χ3n) is 4.42. The van der Waals surface area contributed by atoms with Gasteiger partial charge in [-0.05, 0) is 45.2 Å². The Hall–Kier alpha value is -0.900. The molecule has 0 bridgehead atoms. The smallest absolute Gasteiger partial charge is 0.0942 e. The van der Waals surface area contributed by atoms with Crippen LogP contribution in [0.5, 0.6) is 0 Å². The highest BCUT2D eigenvalue weighted by Gasteiger charge is 2.28. The Morgan fingerprint density at radius 2 is 2.05 bits per heavy atom. The number of hydrogen-bond donors (Lipinski definition) is 1. The molecule has 0 amide bonds. The normalized spacial score (nSPS) is 23.0. The predicted molar refractivity (Wildman–Crippen MR) is 86.4 cm³/mol. The van der Waals surface area contributed by atoms with Crippen molar-refractivity contribution in [2.45, 2.75) is 58.3 Å². The zero-order valence-corrected chi connectivity index (χ0v) is 13.6. The summed E-state index contributed by atoms with van der Waals surface area (Å²) >= 11 is 0. The van der Waals surface area contributed by atoms with E-state index < -0.39 is 6.10 Å². The lowest BCUT2D eigenvalue weighted by atomic mass is 9.98. The minimum absolute atomic E-state index is 0.126. The third kappa shape index (κ3) is 4.53. The molecule has 0 saturated carbocycles. The van der Waals surface area contributed by atoms with E-state index in [0.29, 0.717) is 6.10 Å². The number of piperidine rings is 1. The topological polar surface area (TPSA) is 32.7 Å². The molecule has 1 N–H and O–H groups in total. The molecule has 1 aromatic rings. The van der Waals surface area contributed by atoms with Crippen LogP contribution in [0.1, 0.15) is 50.3 Å². The first-order chi connectivity index (χ1) is 10.1. The summed E-state index contributed by atoms with van der Waals surface area (Å²) in [4.78, 5) is 2.37. The quantitative estimate of drug-likeness (QED) is 0.873. The zero-order chi connectivity index (χ0) is 15.2. The van der Waals surface area contributed by atoms with Crippen LogP contribution in [0.15, 0.2) is 24.3 Å². The Balaban J connectivity index is 1.94. The molecule has 1 aliphatic heterocycles. The molecule has 2 rings (SSSR count). The van der Waals surface area contributed by atoms with Crippen LogP contribution in [0.25, 0.3) is 0 Å². The van der Waals surface area contributed by atoms with E-state index in [1.165, 1.54) is 5.56 Å². The van der Waals surface area contributed by atoms with Crippen molar-refractivity contribution in [3.63, 3.8) is 0 Å². The van der Waals surface area contributed by atoms with E-state index in [-0.39, 0.29) is 6.04 Å². The van der Waals surface area contributed by atoms with Gasteiger partial charge in [0, 0.05) is 19.2 Å². The summed E-state index contributed by atoms with van der Waals surface area (Å²) in [5, 5.41) is 10.6. The highest BCUT2D eigenvalue weighted by Crippen LogP contribution is 2.25. The number of rotatable bonds is 6. The summed E-state index contributed by atoms with van der Waals surface area (Å²) in [5.74, 6) is 0. The van der Waals surface area contributed by atoms with Crippen LogP contribution >= 0.6 is 0 Å². The van der Waals surface area contributed by atoms with E-state index >= 15 is 0 Å². The fourth-order valence-electron chi connectivity index (χ4n) is 3.00. The van der Waals surface area contributed by atoms with Crippen molar-refractivity contribution in [1.29, 1.82) is 0 Å². The van der Waals surface area contributed by atoms with Gasteiger partial charge in [0.25, 0.3) is 0 Å². The van der Waals surface area contributed by atoms with Gasteiger partial charge in [-0.25, -0.2) is 0 Å². The molecule has 0 spiro atoms. The van der Waals surface area contributed by atoms with Crippen molar-refractivity contribution >= 4 is 0 Å². The van der Waals surface area contributed by atoms with Crippen LogP contribution in [0.4, 0.5) is 0 Å². The van der Waals surface area contributed by atoms with Crippen molar-refractivity contribution < 1.29 is 9.84 Å². The van der Waals surface area contributed by atoms with E-state index in [1.807, 2.05) is 12.1 Å². The minimum atomic E-state index is -0.435. The second-order valence-corrected chi connectivity index (χ2v) is 6.23. The molecule has 1 heterocycles. The van der Waals surface area contributed by atoms with Crippen molar-refractivity contribution in [2.75, 3.05) is 19.7 Å². The van der Waals surface area contributed by atoms with Crippen LogP contribution in [0.3, 0.4) is 0 Å². The maximum Gasteiger partial charge on any atom is 0.0942 e. The van der Waals surface area contributed by atoms with Crippen LogP contribution in [0.2, 0.25) is 0 Å². The summed E-state index contributed by atoms with van der Waals surface area (Å²) in [5.41, 5.74) is 2.23. The number of aliphatic hydroxyl groups is 1. The number of aryl methyl sites for hydroxylation is 1. The maximum absolute atomic E-state index is 10.6. The van der Waals surface area contributed by atoms with Gasteiger partial charge in [0.15, 0.2) is 0 Å². The molecule has 1 fully saturated rings. The number of ether oxygens (including phenoxy) is 1. The van der Waals surface area contributed by atoms with E-state index in [9.17, 15) is 5.11 Å². The lowest BCUT2D eigenvalue weighted by Crippen LogP contribution is -2.46. The summed E-state index contributed by atoms with van der Waals surface area (Å²) in [6.07, 6.45) is 3.25. The molecule has 0 aliphatic carbocycles. The molecular formula is C18H29NO2. The fraction of sp³-hybridized carbons (Fsp3) is 0.667. The Labute approximate surface area is 128 Å². The first-order valence-corrected chi connectivity index (χ1v) is 8.22. The van der Waals surface area contributed by atoms with Crippen LogP contribution in [0, 0.1) is 6.92 Å². The molecule has 0 aromatic heterocycles. The van der Waals surface area contributed by atoms with Crippen LogP contribution in [-0.2, 0) is 4.74 Å². The van der Waals surface area contributed by atoms with E-state index in [2.05, 4.69) is 37.8 Å². The predicted octanol–water partition coefficient (Wildman–Crippen LogP) is 3.31. The second kappa shape index (κ2) is 7.92. The molecule has 118 valence electrons. The summed E-state index contributed by atoms with van der Waals surface area (Å²) in [6.45, 7) is 9.16. The monoisotopic (exact) mass is 291 g/mol. The largest absolute Gasteiger partial charge is 0.387 e. The minimum Gasteiger partial charge on any atom is -0.387 e. The number of hydrogen-bond acceptors (Lipinski definition) is 3. The molecule has 3 atom stereocenters. The lowest BCUT2D eigenvalue weighted by molar-refractivity contribution is -0.0324. The maximum atomic E-state index is 10.6. The van der Waals surface area contributed by atoms with Gasteiger partial charge in [0.05, 0.1) is 12.2 Å². The van der Waals surface area contributed by atoms with Gasteiger partial charge in [-0.15, -0.1) is 0 Å². The Bertz CT molecular complexity index is 418. The molecule has 1 aromatic carbocycles. The molecule has 1 aliphatic rings. The van der Waals surface area contributed by atoms with E-state index in [4.69, 9.17) is 4.74 Å². The number of benzene rings is 1. The van der Waals surface area contributed by atoms with Gasteiger partial charge >= 0.3 is 0 Å². The second-order valence-electron chi connectivity index (χ2n) is 6.23. The van der Waals surface area contributed by atoms with Gasteiger partial charge in [-0.1, -0.05) is 36.8 Å². The molecule has 3 unspecified atom stereocenters. The number of nitrogens with zero attached hydrogens (tertiary/aromatic N) is 1. The van der Waals surface area contributed by atoms with Crippen LogP contribution < -0.4 is 0 Å². The van der Waals surface area contributed by atoms with Crippen molar-refractivity contribution in [1.82, 2.24) is 4.90 Å². The first kappa shape index (κ1) is 16.5. The van der Waals surface area contributed by atoms with Gasteiger partial charge in [0.2, 0.25) is 0 Å². The Morgan fingerprint density at radius 3 is 2.71 bits per heavy atom. The van der Waals surface area contributed by atoms with Crippen LogP contribution in [-0.4, -0.2) is 41.8 Å². The molecule has 0 radical (unpaired) electrons. The summed E-state index contributed by atoms with van der Waals surface area (Å²) in [7, 11) is 0. The third-order valence-corrected chi connectivity index (χ3v) is 4.42. The average molecular weight is 291 g/mol. The summed E-state index contributed by atoms with van der Waals surface area (Å²) in [6, 6.07) is 8.32. The highest BCUT2D eigenvalue weighted by molar-refractivity contribution is 5.24. The zero-order valence-electron chi connectivity index (χ0n) is 13.6. The number of aliphatic hydroxyl groups excluding tert-OH is 1. The average Bonchev–Trinajstić information content (AvgIpc) is 2.52. The van der Waals surface area contributed by atoms with E-state index in [0.717, 1.165) is 44.5 Å². The summed E-state index contributed by atoms with van der Waals surface area (Å²) < 4.78 is 5.89. The fourth-order valence-corrected chi connectivity index (χ4v) is 3.00. The van der Waals surface area contributed by atoms with Gasteiger partial charge in [-0.2, -0.15) is 0 Å². The van der Waals surface area contributed by atoms with E-state index in [1.54, 1.807) is 0 Å². The molecule has 1 saturated heterocycles. The SMILES string of the molecule is CCCOC1CCCN(C(C)C(O)c2ccc(C)cc2)C1. The molecular weight excluding hydrogens is 262 g/mol. The van der Waals surface area contributed by atoms with Gasteiger partial charge in [0.1, 0.15) is 0 Å². The standard InChI is InChI=1S/C18H29NO2/c1-4-12-21-17-6-5-11-19(13-17)15(3)18(20)16-9-7-14(2)8-10-16/h7-10,15,17-18,20H,4-6,11-13H2,1-3H3. The number of likely N-dealkylation sites (tertiary alicyclic amines) is 1. The van der Waals surface area contributed by atoms with Gasteiger partial charge < -0.3 is 9.84 Å². The van der Waals surface area contributed by atoms with Crippen molar-refractivity contribution in [2.24, 2.45) is 0 Å². The lowest BCUT2D eigenvalue weighted by Gasteiger charge is -2.38. The molecule has 3 heteroatoms. The molecule has 21 heavy (non-hydrogen) atoms. The Morgan fingerprint density at radius 1 is 1.33 bits per heavy atom.